The van der Waals surface area contributed by atoms with Gasteiger partial charge in [-0.3, -0.25) is 0 Å². The minimum Gasteiger partial charge on any atom is -0.317 e. The smallest absolute Gasteiger partial charge is 0.153 e. The fraction of sp³-hybridized carbons (Fsp3) is 1.00. The van der Waals surface area contributed by atoms with Crippen molar-refractivity contribution in [3.05, 3.63) is 0 Å². The lowest BCUT2D eigenvalue weighted by atomic mass is 9.97. The highest BCUT2D eigenvalue weighted by atomic mass is 32.2. The number of rotatable bonds is 3. The van der Waals surface area contributed by atoms with Crippen LogP contribution in [0.15, 0.2) is 0 Å². The van der Waals surface area contributed by atoms with Crippen LogP contribution in [0, 0.1) is 11.3 Å². The second-order valence-electron chi connectivity index (χ2n) is 4.70. The minimum absolute atomic E-state index is 0.0985. The molecule has 1 saturated heterocycles. The molecule has 14 heavy (non-hydrogen) atoms. The summed E-state index contributed by atoms with van der Waals surface area (Å²) in [5.74, 6) is 1.02. The summed E-state index contributed by atoms with van der Waals surface area (Å²) in [6.45, 7) is 5.96. The SMILES string of the molecule is CCNCC1CC12CCS(=O)(=O)C2C. The van der Waals surface area contributed by atoms with E-state index in [9.17, 15) is 8.42 Å². The zero-order valence-electron chi connectivity index (χ0n) is 8.91. The first-order valence-electron chi connectivity index (χ1n) is 5.45. The van der Waals surface area contributed by atoms with Gasteiger partial charge in [0.05, 0.1) is 11.0 Å². The van der Waals surface area contributed by atoms with E-state index in [2.05, 4.69) is 12.2 Å². The number of sulfone groups is 1. The van der Waals surface area contributed by atoms with Gasteiger partial charge >= 0.3 is 0 Å². The zero-order valence-corrected chi connectivity index (χ0v) is 9.73. The molecule has 0 bridgehead atoms. The molecule has 0 aromatic heterocycles. The Balaban J connectivity index is 2.02. The molecule has 3 unspecified atom stereocenters. The predicted octanol–water partition coefficient (Wildman–Crippen LogP) is 0.809. The molecule has 0 aromatic carbocycles. The molecule has 1 saturated carbocycles. The van der Waals surface area contributed by atoms with E-state index >= 15 is 0 Å². The van der Waals surface area contributed by atoms with Crippen molar-refractivity contribution in [1.82, 2.24) is 5.32 Å². The van der Waals surface area contributed by atoms with Crippen LogP contribution in [0.5, 0.6) is 0 Å². The highest BCUT2D eigenvalue weighted by Crippen LogP contribution is 2.62. The predicted molar refractivity (Wildman–Crippen MR) is 56.9 cm³/mol. The van der Waals surface area contributed by atoms with Crippen LogP contribution in [0.1, 0.15) is 26.7 Å². The first kappa shape index (κ1) is 10.4. The first-order valence-corrected chi connectivity index (χ1v) is 7.17. The normalized spacial score (nSPS) is 44.4. The van der Waals surface area contributed by atoms with Crippen LogP contribution in [0.2, 0.25) is 0 Å². The van der Waals surface area contributed by atoms with Gasteiger partial charge in [0, 0.05) is 0 Å². The largest absolute Gasteiger partial charge is 0.317 e. The molecule has 2 aliphatic rings. The molecule has 2 rings (SSSR count). The average Bonchev–Trinajstić information content (AvgIpc) is 2.80. The molecule has 1 heterocycles. The highest BCUT2D eigenvalue weighted by Gasteiger charge is 2.63. The first-order chi connectivity index (χ1) is 6.53. The molecule has 1 N–H and O–H groups in total. The summed E-state index contributed by atoms with van der Waals surface area (Å²) in [7, 11) is -2.76. The maximum Gasteiger partial charge on any atom is 0.153 e. The maximum absolute atomic E-state index is 11.6. The van der Waals surface area contributed by atoms with Crippen LogP contribution in [0.4, 0.5) is 0 Å². The molecular formula is C10H19NO2S. The van der Waals surface area contributed by atoms with Crippen LogP contribution < -0.4 is 5.32 Å². The third-order valence-electron chi connectivity index (χ3n) is 4.12. The summed E-state index contributed by atoms with van der Waals surface area (Å²) in [5.41, 5.74) is 0.154. The summed E-state index contributed by atoms with van der Waals surface area (Å²) in [4.78, 5) is 0. The van der Waals surface area contributed by atoms with E-state index in [1.54, 1.807) is 0 Å². The topological polar surface area (TPSA) is 46.2 Å². The van der Waals surface area contributed by atoms with Crippen molar-refractivity contribution in [3.63, 3.8) is 0 Å². The van der Waals surface area contributed by atoms with Crippen molar-refractivity contribution in [3.8, 4) is 0 Å². The minimum atomic E-state index is -2.76. The van der Waals surface area contributed by atoms with Gasteiger partial charge in [0.15, 0.2) is 9.84 Å². The van der Waals surface area contributed by atoms with Crippen molar-refractivity contribution in [2.75, 3.05) is 18.8 Å². The van der Waals surface area contributed by atoms with Gasteiger partial charge in [-0.05, 0) is 44.2 Å². The van der Waals surface area contributed by atoms with Gasteiger partial charge in [-0.1, -0.05) is 6.92 Å². The Labute approximate surface area is 86.2 Å². The van der Waals surface area contributed by atoms with Gasteiger partial charge in [-0.2, -0.15) is 0 Å². The Kier molecular flexibility index (Phi) is 2.39. The number of nitrogens with one attached hydrogen (secondary N) is 1. The molecule has 0 radical (unpaired) electrons. The molecule has 1 spiro atoms. The molecule has 2 fully saturated rings. The molecule has 3 atom stereocenters. The third-order valence-corrected chi connectivity index (χ3v) is 6.44. The molecule has 0 aromatic rings. The quantitative estimate of drug-likeness (QED) is 0.761. The van der Waals surface area contributed by atoms with Crippen LogP contribution in [0.3, 0.4) is 0 Å². The van der Waals surface area contributed by atoms with E-state index in [1.165, 1.54) is 0 Å². The summed E-state index contributed by atoms with van der Waals surface area (Å²) >= 11 is 0. The Morgan fingerprint density at radius 1 is 1.50 bits per heavy atom. The van der Waals surface area contributed by atoms with E-state index in [0.717, 1.165) is 25.9 Å². The monoisotopic (exact) mass is 217 g/mol. The Morgan fingerprint density at radius 2 is 2.21 bits per heavy atom. The van der Waals surface area contributed by atoms with Gasteiger partial charge in [0.25, 0.3) is 0 Å². The standard InChI is InChI=1S/C10H19NO2S/c1-3-11-7-9-6-10(9)4-5-14(12,13)8(10)2/h8-9,11H,3-7H2,1-2H3. The zero-order chi connectivity index (χ0) is 10.4. The van der Waals surface area contributed by atoms with Crippen LogP contribution >= 0.6 is 0 Å². The van der Waals surface area contributed by atoms with Gasteiger partial charge in [0.2, 0.25) is 0 Å². The van der Waals surface area contributed by atoms with Crippen LogP contribution in [-0.2, 0) is 9.84 Å². The lowest BCUT2D eigenvalue weighted by Gasteiger charge is -2.14. The van der Waals surface area contributed by atoms with Crippen molar-refractivity contribution in [2.24, 2.45) is 11.3 Å². The summed E-state index contributed by atoms with van der Waals surface area (Å²) in [6, 6.07) is 0. The Bertz CT molecular complexity index is 325. The molecule has 3 nitrogen and oxygen atoms in total. The lowest BCUT2D eigenvalue weighted by molar-refractivity contribution is 0.438. The lowest BCUT2D eigenvalue weighted by Crippen LogP contribution is -2.25. The van der Waals surface area contributed by atoms with E-state index in [4.69, 9.17) is 0 Å². The van der Waals surface area contributed by atoms with Gasteiger partial charge in [-0.25, -0.2) is 8.42 Å². The van der Waals surface area contributed by atoms with E-state index in [0.29, 0.717) is 11.7 Å². The van der Waals surface area contributed by atoms with Crippen molar-refractivity contribution >= 4 is 9.84 Å². The summed E-state index contributed by atoms with van der Waals surface area (Å²) in [5, 5.41) is 3.22. The molecule has 1 aliphatic carbocycles. The second kappa shape index (κ2) is 3.20. The molecule has 4 heteroatoms. The van der Waals surface area contributed by atoms with Gasteiger partial charge < -0.3 is 5.32 Å². The number of hydrogen-bond acceptors (Lipinski definition) is 3. The second-order valence-corrected chi connectivity index (χ2v) is 7.14. The van der Waals surface area contributed by atoms with Crippen molar-refractivity contribution in [2.45, 2.75) is 31.9 Å². The van der Waals surface area contributed by atoms with Crippen LogP contribution in [0.25, 0.3) is 0 Å². The number of hydrogen-bond donors (Lipinski definition) is 1. The van der Waals surface area contributed by atoms with E-state index in [-0.39, 0.29) is 10.7 Å². The summed E-state index contributed by atoms with van der Waals surface area (Å²) in [6.07, 6.45) is 2.01. The fourth-order valence-electron chi connectivity index (χ4n) is 2.87. The molecule has 82 valence electrons. The van der Waals surface area contributed by atoms with Crippen LogP contribution in [-0.4, -0.2) is 32.5 Å². The van der Waals surface area contributed by atoms with Crippen molar-refractivity contribution in [1.29, 1.82) is 0 Å². The van der Waals surface area contributed by atoms with E-state index < -0.39 is 9.84 Å². The van der Waals surface area contributed by atoms with Gasteiger partial charge in [-0.15, -0.1) is 0 Å². The van der Waals surface area contributed by atoms with E-state index in [1.807, 2.05) is 6.92 Å². The maximum atomic E-state index is 11.6. The van der Waals surface area contributed by atoms with Gasteiger partial charge in [0.1, 0.15) is 0 Å². The fourth-order valence-corrected chi connectivity index (χ4v) is 5.01. The Hall–Kier alpha value is -0.0900. The summed E-state index contributed by atoms with van der Waals surface area (Å²) < 4.78 is 23.2. The molecule has 1 aliphatic heterocycles. The third kappa shape index (κ3) is 1.39. The van der Waals surface area contributed by atoms with Crippen molar-refractivity contribution < 1.29 is 8.42 Å². The molecule has 0 amide bonds. The highest BCUT2D eigenvalue weighted by molar-refractivity contribution is 7.92. The molecular weight excluding hydrogens is 198 g/mol. The Morgan fingerprint density at radius 3 is 2.71 bits per heavy atom. The average molecular weight is 217 g/mol.